The Kier molecular flexibility index (Phi) is 6.20. The number of rotatable bonds is 6. The Morgan fingerprint density at radius 3 is 2.67 bits per heavy atom. The summed E-state index contributed by atoms with van der Waals surface area (Å²) < 4.78 is 0. The van der Waals surface area contributed by atoms with Crippen LogP contribution in [0.15, 0.2) is 0 Å². The van der Waals surface area contributed by atoms with Crippen LogP contribution < -0.4 is 0 Å². The zero-order valence-electron chi connectivity index (χ0n) is 7.91. The van der Waals surface area contributed by atoms with E-state index in [4.69, 9.17) is 5.11 Å². The van der Waals surface area contributed by atoms with Crippen molar-refractivity contribution in [3.8, 4) is 0 Å². The van der Waals surface area contributed by atoms with Crippen molar-refractivity contribution in [3.63, 3.8) is 0 Å². The van der Waals surface area contributed by atoms with Crippen LogP contribution in [-0.4, -0.2) is 47.6 Å². The van der Waals surface area contributed by atoms with Crippen LogP contribution in [0.1, 0.15) is 13.3 Å². The van der Waals surface area contributed by atoms with Gasteiger partial charge in [0.1, 0.15) is 0 Å². The van der Waals surface area contributed by atoms with Gasteiger partial charge in [-0.15, -0.1) is 0 Å². The quantitative estimate of drug-likeness (QED) is 0.683. The Hall–Kier alpha value is -0.220. The van der Waals surface area contributed by atoms with Crippen molar-refractivity contribution in [2.45, 2.75) is 19.4 Å². The highest BCUT2D eigenvalue weighted by Crippen LogP contribution is 2.02. The van der Waals surface area contributed by atoms with Gasteiger partial charge in [-0.05, 0) is 20.2 Å². The third-order valence-electron chi connectivity index (χ3n) is 1.87. The minimum atomic E-state index is -0.724. The van der Waals surface area contributed by atoms with E-state index in [1.54, 1.807) is 11.8 Å². The molecule has 0 spiro atoms. The molecule has 0 amide bonds. The molecule has 0 aliphatic carbocycles. The molecular formula is C8H17NO2S. The molecular weight excluding hydrogens is 174 g/mol. The lowest BCUT2D eigenvalue weighted by Crippen LogP contribution is -2.32. The van der Waals surface area contributed by atoms with Gasteiger partial charge in [0.15, 0.2) is 0 Å². The molecule has 12 heavy (non-hydrogen) atoms. The van der Waals surface area contributed by atoms with Crippen molar-refractivity contribution >= 4 is 17.7 Å². The molecule has 0 heterocycles. The summed E-state index contributed by atoms with van der Waals surface area (Å²) in [5.41, 5.74) is 0. The summed E-state index contributed by atoms with van der Waals surface area (Å²) >= 11 is 1.78. The summed E-state index contributed by atoms with van der Waals surface area (Å²) in [6.07, 6.45) is 2.28. The van der Waals surface area contributed by atoms with Crippen molar-refractivity contribution in [3.05, 3.63) is 0 Å². The zero-order chi connectivity index (χ0) is 9.56. The number of nitrogens with zero attached hydrogens (tertiary/aromatic N) is 1. The lowest BCUT2D eigenvalue weighted by Gasteiger charge is -2.22. The molecule has 0 saturated carbocycles. The van der Waals surface area contributed by atoms with Gasteiger partial charge in [-0.1, -0.05) is 0 Å². The van der Waals surface area contributed by atoms with Crippen LogP contribution in [0.3, 0.4) is 0 Å². The number of thioether (sulfide) groups is 1. The molecule has 3 nitrogen and oxygen atoms in total. The Morgan fingerprint density at radius 2 is 2.25 bits per heavy atom. The Balaban J connectivity index is 3.60. The highest BCUT2D eigenvalue weighted by molar-refractivity contribution is 7.98. The average Bonchev–Trinajstić information content (AvgIpc) is 1.98. The fourth-order valence-corrected chi connectivity index (χ4v) is 1.33. The maximum Gasteiger partial charge on any atom is 0.304 e. The molecule has 0 aromatic carbocycles. The first-order valence-electron chi connectivity index (χ1n) is 3.99. The van der Waals surface area contributed by atoms with E-state index >= 15 is 0 Å². The number of hydrogen-bond donors (Lipinski definition) is 1. The molecule has 1 unspecified atom stereocenters. The third kappa shape index (κ3) is 5.43. The van der Waals surface area contributed by atoms with Gasteiger partial charge in [0.25, 0.3) is 0 Å². The van der Waals surface area contributed by atoms with Gasteiger partial charge in [0.05, 0.1) is 6.42 Å². The standard InChI is InChI=1S/C8H17NO2S/c1-7(6-8(10)11)9(2)4-5-12-3/h7H,4-6H2,1-3H3,(H,10,11). The van der Waals surface area contributed by atoms with Crippen LogP contribution in [-0.2, 0) is 4.79 Å². The molecule has 1 N–H and O–H groups in total. The smallest absolute Gasteiger partial charge is 0.304 e. The van der Waals surface area contributed by atoms with Gasteiger partial charge in [-0.2, -0.15) is 11.8 Å². The summed E-state index contributed by atoms with van der Waals surface area (Å²) in [6.45, 7) is 2.89. The van der Waals surface area contributed by atoms with Crippen molar-refractivity contribution in [2.24, 2.45) is 0 Å². The van der Waals surface area contributed by atoms with E-state index in [1.165, 1.54) is 0 Å². The maximum atomic E-state index is 10.4. The normalized spacial score (nSPS) is 13.3. The van der Waals surface area contributed by atoms with Gasteiger partial charge in [-0.25, -0.2) is 0 Å². The Bertz CT molecular complexity index is 141. The highest BCUT2D eigenvalue weighted by atomic mass is 32.2. The van der Waals surface area contributed by atoms with Crippen LogP contribution >= 0.6 is 11.8 Å². The van der Waals surface area contributed by atoms with E-state index in [0.29, 0.717) is 0 Å². The number of carboxylic acid groups (broad SMARTS) is 1. The monoisotopic (exact) mass is 191 g/mol. The molecule has 0 bridgehead atoms. The summed E-state index contributed by atoms with van der Waals surface area (Å²) in [6, 6.07) is 0.134. The minimum Gasteiger partial charge on any atom is -0.481 e. The minimum absolute atomic E-state index is 0.134. The molecule has 0 saturated heterocycles. The Morgan fingerprint density at radius 1 is 1.67 bits per heavy atom. The SMILES string of the molecule is CSCCN(C)C(C)CC(=O)O. The molecule has 72 valence electrons. The van der Waals surface area contributed by atoms with Gasteiger partial charge in [-0.3, -0.25) is 4.79 Å². The molecule has 0 rings (SSSR count). The van der Waals surface area contributed by atoms with Crippen molar-refractivity contribution in [1.82, 2.24) is 4.90 Å². The number of aliphatic carboxylic acids is 1. The van der Waals surface area contributed by atoms with E-state index in [9.17, 15) is 4.79 Å². The summed E-state index contributed by atoms with van der Waals surface area (Å²) in [5, 5.41) is 8.53. The molecule has 0 aromatic heterocycles. The second-order valence-electron chi connectivity index (χ2n) is 2.92. The molecule has 0 radical (unpaired) electrons. The molecule has 0 aliphatic rings. The molecule has 0 aromatic rings. The summed E-state index contributed by atoms with van der Waals surface area (Å²) in [7, 11) is 1.96. The molecule has 4 heteroatoms. The number of carboxylic acids is 1. The lowest BCUT2D eigenvalue weighted by atomic mass is 10.2. The fraction of sp³-hybridized carbons (Fsp3) is 0.875. The number of carbonyl (C=O) groups is 1. The van der Waals surface area contributed by atoms with Crippen LogP contribution in [0.25, 0.3) is 0 Å². The van der Waals surface area contributed by atoms with Crippen LogP contribution in [0.4, 0.5) is 0 Å². The van der Waals surface area contributed by atoms with Gasteiger partial charge < -0.3 is 10.0 Å². The van der Waals surface area contributed by atoms with Crippen LogP contribution in [0.5, 0.6) is 0 Å². The topological polar surface area (TPSA) is 40.5 Å². The van der Waals surface area contributed by atoms with Crippen molar-refractivity contribution in [1.29, 1.82) is 0 Å². The second-order valence-corrected chi connectivity index (χ2v) is 3.91. The van der Waals surface area contributed by atoms with E-state index < -0.39 is 5.97 Å². The largest absolute Gasteiger partial charge is 0.481 e. The third-order valence-corrected chi connectivity index (χ3v) is 2.46. The predicted molar refractivity (Wildman–Crippen MR) is 52.7 cm³/mol. The molecule has 0 aliphatic heterocycles. The first-order valence-corrected chi connectivity index (χ1v) is 5.38. The van der Waals surface area contributed by atoms with Gasteiger partial charge in [0.2, 0.25) is 0 Å². The highest BCUT2D eigenvalue weighted by Gasteiger charge is 2.11. The molecule has 1 atom stereocenters. The van der Waals surface area contributed by atoms with Crippen molar-refractivity contribution in [2.75, 3.05) is 25.6 Å². The predicted octanol–water partition coefficient (Wildman–Crippen LogP) is 1.14. The average molecular weight is 191 g/mol. The molecule has 0 fully saturated rings. The van der Waals surface area contributed by atoms with Gasteiger partial charge >= 0.3 is 5.97 Å². The van der Waals surface area contributed by atoms with E-state index in [0.717, 1.165) is 12.3 Å². The fourth-order valence-electron chi connectivity index (χ4n) is 0.864. The Labute approximate surface area is 78.1 Å². The van der Waals surface area contributed by atoms with E-state index in [2.05, 4.69) is 11.2 Å². The summed E-state index contributed by atoms with van der Waals surface area (Å²) in [4.78, 5) is 12.4. The van der Waals surface area contributed by atoms with Crippen LogP contribution in [0.2, 0.25) is 0 Å². The second kappa shape index (κ2) is 6.31. The van der Waals surface area contributed by atoms with Crippen LogP contribution in [0, 0.1) is 0 Å². The van der Waals surface area contributed by atoms with Crippen molar-refractivity contribution < 1.29 is 9.90 Å². The van der Waals surface area contributed by atoms with Gasteiger partial charge in [0, 0.05) is 18.3 Å². The zero-order valence-corrected chi connectivity index (χ0v) is 8.73. The maximum absolute atomic E-state index is 10.4. The first kappa shape index (κ1) is 11.8. The lowest BCUT2D eigenvalue weighted by molar-refractivity contribution is -0.138. The number of hydrogen-bond acceptors (Lipinski definition) is 3. The first-order chi connectivity index (χ1) is 5.57. The van der Waals surface area contributed by atoms with E-state index in [-0.39, 0.29) is 12.5 Å². The summed E-state index contributed by atoms with van der Waals surface area (Å²) in [5.74, 6) is 0.332. The van der Waals surface area contributed by atoms with E-state index in [1.807, 2.05) is 14.0 Å².